The molecule has 7 rings (SSSR count). The minimum absolute atomic E-state index is 0.0337. The van der Waals surface area contributed by atoms with Crippen molar-refractivity contribution in [1.82, 2.24) is 30.5 Å². The summed E-state index contributed by atoms with van der Waals surface area (Å²) < 4.78 is 12.8. The van der Waals surface area contributed by atoms with Crippen molar-refractivity contribution in [2.75, 3.05) is 6.54 Å². The van der Waals surface area contributed by atoms with E-state index in [1.165, 1.54) is 16.2 Å². The van der Waals surface area contributed by atoms with Crippen LogP contribution in [0.5, 0.6) is 5.88 Å². The minimum Gasteiger partial charge on any atom is -0.479 e. The first kappa shape index (κ1) is 32.9. The molecule has 0 spiro atoms. The van der Waals surface area contributed by atoms with Gasteiger partial charge >= 0.3 is 12.1 Å². The highest BCUT2D eigenvalue weighted by molar-refractivity contribution is 7.17. The van der Waals surface area contributed by atoms with E-state index < -0.39 is 47.6 Å². The maximum Gasteiger partial charge on any atom is 0.408 e. The third-order valence-corrected chi connectivity index (χ3v) is 10.8. The summed E-state index contributed by atoms with van der Waals surface area (Å²) in [5, 5.41) is 17.7. The van der Waals surface area contributed by atoms with Crippen LogP contribution in [-0.4, -0.2) is 85.2 Å². The largest absolute Gasteiger partial charge is 0.479 e. The third-order valence-electron chi connectivity index (χ3n) is 9.93. The molecular formula is C35H40N6O7S. The Bertz CT molecular complexity index is 1740. The summed E-state index contributed by atoms with van der Waals surface area (Å²) in [6.07, 6.45) is 11.4. The first-order valence-electron chi connectivity index (χ1n) is 17.1. The molecule has 5 atom stereocenters. The first-order valence-corrected chi connectivity index (χ1v) is 18.0. The molecule has 13 nitrogen and oxygen atoms in total. The van der Waals surface area contributed by atoms with Crippen molar-refractivity contribution in [2.45, 2.75) is 100 Å². The monoisotopic (exact) mass is 688 g/mol. The molecule has 2 aliphatic carbocycles. The maximum atomic E-state index is 14.4. The Morgan fingerprint density at radius 3 is 2.67 bits per heavy atom. The number of carbonyl (C=O) groups excluding carboxylic acids is 3. The number of rotatable bonds is 6. The average Bonchev–Trinajstić information content (AvgIpc) is 3.54. The Hall–Kier alpha value is -4.59. The summed E-state index contributed by atoms with van der Waals surface area (Å²) in [6, 6.07) is 5.35. The van der Waals surface area contributed by atoms with Crippen LogP contribution in [-0.2, 0) is 19.1 Å². The Morgan fingerprint density at radius 2 is 1.88 bits per heavy atom. The fraction of sp³-hybridized carbons (Fsp3) is 0.514. The van der Waals surface area contributed by atoms with Gasteiger partial charge in [-0.3, -0.25) is 14.6 Å². The number of fused-ring (bicyclic) bond motifs is 3. The van der Waals surface area contributed by atoms with Crippen molar-refractivity contribution in [3.05, 3.63) is 48.0 Å². The molecule has 3 aromatic heterocycles. The zero-order chi connectivity index (χ0) is 34.0. The van der Waals surface area contributed by atoms with Crippen LogP contribution in [0.25, 0.3) is 21.7 Å². The summed E-state index contributed by atoms with van der Waals surface area (Å²) in [5.74, 6) is -1.76. The van der Waals surface area contributed by atoms with E-state index in [0.717, 1.165) is 44.9 Å². The van der Waals surface area contributed by atoms with Gasteiger partial charge in [-0.15, -0.1) is 11.3 Å². The number of carboxylic acids is 1. The van der Waals surface area contributed by atoms with E-state index in [0.29, 0.717) is 40.5 Å². The second kappa shape index (κ2) is 14.1. The summed E-state index contributed by atoms with van der Waals surface area (Å²) in [5.41, 5.74) is -0.185. The summed E-state index contributed by atoms with van der Waals surface area (Å²) >= 11 is 1.42. The predicted octanol–water partition coefficient (Wildman–Crippen LogP) is 4.62. The van der Waals surface area contributed by atoms with Crippen molar-refractivity contribution in [1.29, 1.82) is 0 Å². The number of nitrogens with one attached hydrogen (secondary N) is 2. The molecular weight excluding hydrogens is 648 g/mol. The normalized spacial score (nSPS) is 28.4. The number of aromatic nitrogens is 3. The van der Waals surface area contributed by atoms with E-state index in [1.54, 1.807) is 18.3 Å². The SMILES string of the molecule is O=C(N[C@H]1CCCCC/C=C\[C@H]2C[C@@]2(C(=O)O)NC(=O)[C@@H]2C[C@@H](Oc3nc(-c4ccccn4)nc4ccsc34)CN2C1=O)OC1CCCC1. The zero-order valence-electron chi connectivity index (χ0n) is 27.1. The van der Waals surface area contributed by atoms with Crippen molar-refractivity contribution < 1.29 is 33.8 Å². The highest BCUT2D eigenvalue weighted by atomic mass is 32.1. The van der Waals surface area contributed by atoms with Gasteiger partial charge in [0.15, 0.2) is 5.82 Å². The van der Waals surface area contributed by atoms with E-state index >= 15 is 0 Å². The van der Waals surface area contributed by atoms with Gasteiger partial charge in [0.2, 0.25) is 17.7 Å². The number of thiophene rings is 1. The lowest BCUT2D eigenvalue weighted by Gasteiger charge is -2.29. The number of ether oxygens (including phenoxy) is 2. The van der Waals surface area contributed by atoms with Gasteiger partial charge in [-0.25, -0.2) is 14.6 Å². The lowest BCUT2D eigenvalue weighted by atomic mass is 10.0. The van der Waals surface area contributed by atoms with Crippen molar-refractivity contribution in [2.24, 2.45) is 5.92 Å². The maximum absolute atomic E-state index is 14.4. The van der Waals surface area contributed by atoms with E-state index in [1.807, 2.05) is 29.7 Å². The highest BCUT2D eigenvalue weighted by Crippen LogP contribution is 2.45. The number of amides is 3. The van der Waals surface area contributed by atoms with Gasteiger partial charge in [0.05, 0.1) is 12.1 Å². The van der Waals surface area contributed by atoms with Crippen LogP contribution in [0, 0.1) is 5.92 Å². The standard InChI is InChI=1S/C35H40N6O7S/c42-30-27-18-23(47-31-28-24(15-17-49-28)37-29(39-31)25-13-8-9-16-36-25)20-41(27)32(43)26(38-34(46)48-22-11-6-7-12-22)14-5-3-1-2-4-10-21-19-35(21,40-30)33(44)45/h4,8-10,13,15-17,21-23,26-27H,1-3,5-7,11-12,14,18-20H2,(H,38,46)(H,40,42)(H,44,45)/b10-4-/t21-,23+,26-,27-,35+/m0/s1. The third kappa shape index (κ3) is 7.10. The van der Waals surface area contributed by atoms with Gasteiger partial charge < -0.3 is 30.1 Å². The number of nitrogens with zero attached hydrogens (tertiary/aromatic N) is 4. The lowest BCUT2D eigenvalue weighted by Crippen LogP contribution is -2.56. The van der Waals surface area contributed by atoms with Gasteiger partial charge in [-0.2, -0.15) is 4.98 Å². The van der Waals surface area contributed by atoms with Gasteiger partial charge in [0, 0.05) is 18.5 Å². The molecule has 49 heavy (non-hydrogen) atoms. The van der Waals surface area contributed by atoms with Gasteiger partial charge in [-0.1, -0.05) is 31.1 Å². The van der Waals surface area contributed by atoms with E-state index in [9.17, 15) is 24.3 Å². The van der Waals surface area contributed by atoms with Crippen LogP contribution in [0.1, 0.15) is 70.6 Å². The minimum atomic E-state index is -1.43. The molecule has 2 aliphatic heterocycles. The van der Waals surface area contributed by atoms with Crippen LogP contribution in [0.2, 0.25) is 0 Å². The number of hydrogen-bond donors (Lipinski definition) is 3. The van der Waals surface area contributed by atoms with Crippen molar-refractivity contribution in [3.8, 4) is 17.4 Å². The number of allylic oxidation sites excluding steroid dienone is 1. The first-order chi connectivity index (χ1) is 23.8. The Labute approximate surface area is 287 Å². The van der Waals surface area contributed by atoms with Crippen LogP contribution in [0.3, 0.4) is 0 Å². The molecule has 14 heteroatoms. The second-order valence-electron chi connectivity index (χ2n) is 13.3. The predicted molar refractivity (Wildman–Crippen MR) is 180 cm³/mol. The molecule has 3 fully saturated rings. The highest BCUT2D eigenvalue weighted by Gasteiger charge is 2.61. The number of hydrogen-bond acceptors (Lipinski definition) is 10. The van der Waals surface area contributed by atoms with Crippen molar-refractivity contribution in [3.63, 3.8) is 0 Å². The van der Waals surface area contributed by atoms with Crippen LogP contribution in [0.4, 0.5) is 4.79 Å². The number of carboxylic acid groups (broad SMARTS) is 1. The molecule has 4 aliphatic rings. The quantitative estimate of drug-likeness (QED) is 0.310. The fourth-order valence-electron chi connectivity index (χ4n) is 7.16. The van der Waals surface area contributed by atoms with Crippen LogP contribution < -0.4 is 15.4 Å². The van der Waals surface area contributed by atoms with Crippen molar-refractivity contribution >= 4 is 45.4 Å². The van der Waals surface area contributed by atoms with Crippen LogP contribution in [0.15, 0.2) is 48.0 Å². The molecule has 0 bridgehead atoms. The molecule has 3 aromatic rings. The topological polar surface area (TPSA) is 173 Å². The Balaban J connectivity index is 1.18. The van der Waals surface area contributed by atoms with Gasteiger partial charge in [0.1, 0.15) is 40.2 Å². The second-order valence-corrected chi connectivity index (χ2v) is 14.3. The average molecular weight is 689 g/mol. The number of carbonyl (C=O) groups is 4. The van der Waals surface area contributed by atoms with E-state index in [-0.39, 0.29) is 31.4 Å². The smallest absolute Gasteiger partial charge is 0.408 e. The number of aliphatic carboxylic acids is 1. The molecule has 258 valence electrons. The van der Waals surface area contributed by atoms with E-state index in [2.05, 4.69) is 20.6 Å². The van der Waals surface area contributed by atoms with E-state index in [4.69, 9.17) is 14.5 Å². The molecule has 0 radical (unpaired) electrons. The summed E-state index contributed by atoms with van der Waals surface area (Å²) in [7, 11) is 0. The lowest BCUT2D eigenvalue weighted by molar-refractivity contribution is -0.145. The fourth-order valence-corrected chi connectivity index (χ4v) is 7.93. The molecule has 0 aromatic carbocycles. The van der Waals surface area contributed by atoms with Gasteiger partial charge in [0.25, 0.3) is 0 Å². The summed E-state index contributed by atoms with van der Waals surface area (Å²) in [4.78, 5) is 69.0. The van der Waals surface area contributed by atoms with Gasteiger partial charge in [-0.05, 0) is 74.9 Å². The molecule has 1 saturated heterocycles. The molecule has 2 saturated carbocycles. The zero-order valence-corrected chi connectivity index (χ0v) is 27.9. The molecule has 3 N–H and O–H groups in total. The molecule has 3 amide bonds. The number of alkyl carbamates (subject to hydrolysis) is 1. The van der Waals surface area contributed by atoms with Crippen LogP contribution >= 0.6 is 11.3 Å². The molecule has 5 heterocycles. The Kier molecular flexibility index (Phi) is 9.48. The summed E-state index contributed by atoms with van der Waals surface area (Å²) in [6.45, 7) is 0.0337. The number of pyridine rings is 1. The molecule has 0 unspecified atom stereocenters. The Morgan fingerprint density at radius 1 is 1.04 bits per heavy atom.